The SMILES string of the molecule is CC1CCCN(C(=O)Nc2cc(C#CCCO)ccn2)C1. The van der Waals surface area contributed by atoms with Gasteiger partial charge in [0, 0.05) is 31.3 Å². The second-order valence-corrected chi connectivity index (χ2v) is 5.33. The Labute approximate surface area is 125 Å². The van der Waals surface area contributed by atoms with Gasteiger partial charge in [0.2, 0.25) is 0 Å². The predicted molar refractivity (Wildman–Crippen MR) is 81.8 cm³/mol. The predicted octanol–water partition coefficient (Wildman–Crippen LogP) is 2.08. The van der Waals surface area contributed by atoms with E-state index in [0.29, 0.717) is 18.2 Å². The Balaban J connectivity index is 1.97. The van der Waals surface area contributed by atoms with Crippen molar-refractivity contribution in [3.63, 3.8) is 0 Å². The van der Waals surface area contributed by atoms with Gasteiger partial charge in [-0.05, 0) is 30.9 Å². The summed E-state index contributed by atoms with van der Waals surface area (Å²) in [4.78, 5) is 18.2. The fourth-order valence-corrected chi connectivity index (χ4v) is 2.36. The molecule has 0 saturated carbocycles. The first-order chi connectivity index (χ1) is 10.2. The number of aliphatic hydroxyl groups is 1. The minimum Gasteiger partial charge on any atom is -0.395 e. The number of carbonyl (C=O) groups is 1. The van der Waals surface area contributed by atoms with Crippen LogP contribution in [0.3, 0.4) is 0 Å². The molecule has 1 aromatic heterocycles. The van der Waals surface area contributed by atoms with Crippen molar-refractivity contribution in [2.45, 2.75) is 26.2 Å². The second kappa shape index (κ2) is 7.65. The Bertz CT molecular complexity index is 548. The summed E-state index contributed by atoms with van der Waals surface area (Å²) in [5.41, 5.74) is 0.778. The van der Waals surface area contributed by atoms with Crippen LogP contribution in [-0.2, 0) is 0 Å². The fraction of sp³-hybridized carbons (Fsp3) is 0.500. The van der Waals surface area contributed by atoms with Crippen molar-refractivity contribution in [1.82, 2.24) is 9.88 Å². The number of hydrogen-bond acceptors (Lipinski definition) is 3. The summed E-state index contributed by atoms with van der Waals surface area (Å²) >= 11 is 0. The highest BCUT2D eigenvalue weighted by Crippen LogP contribution is 2.16. The first kappa shape index (κ1) is 15.3. The van der Waals surface area contributed by atoms with E-state index >= 15 is 0 Å². The Morgan fingerprint density at radius 1 is 1.62 bits per heavy atom. The number of pyridine rings is 1. The summed E-state index contributed by atoms with van der Waals surface area (Å²) in [6.07, 6.45) is 4.29. The van der Waals surface area contributed by atoms with Gasteiger partial charge in [0.15, 0.2) is 0 Å². The van der Waals surface area contributed by atoms with E-state index in [1.807, 2.05) is 4.90 Å². The van der Waals surface area contributed by atoms with Crippen LogP contribution in [0.2, 0.25) is 0 Å². The normalized spacial score (nSPS) is 17.8. The Morgan fingerprint density at radius 3 is 3.24 bits per heavy atom. The maximum atomic E-state index is 12.2. The fourth-order valence-electron chi connectivity index (χ4n) is 2.36. The van der Waals surface area contributed by atoms with Gasteiger partial charge in [0.1, 0.15) is 5.82 Å². The van der Waals surface area contributed by atoms with Crippen molar-refractivity contribution in [1.29, 1.82) is 0 Å². The number of nitrogens with one attached hydrogen (secondary N) is 1. The minimum absolute atomic E-state index is 0.0504. The van der Waals surface area contributed by atoms with Crippen LogP contribution in [0.5, 0.6) is 0 Å². The molecule has 0 spiro atoms. The molecule has 0 aliphatic carbocycles. The smallest absolute Gasteiger partial charge is 0.323 e. The summed E-state index contributed by atoms with van der Waals surface area (Å²) in [5.74, 6) is 6.84. The van der Waals surface area contributed by atoms with Gasteiger partial charge < -0.3 is 10.0 Å². The molecule has 2 amide bonds. The van der Waals surface area contributed by atoms with E-state index in [1.54, 1.807) is 18.3 Å². The topological polar surface area (TPSA) is 65.5 Å². The molecule has 2 rings (SSSR count). The zero-order valence-electron chi connectivity index (χ0n) is 12.3. The zero-order valence-corrected chi connectivity index (χ0v) is 12.3. The van der Waals surface area contributed by atoms with Gasteiger partial charge in [0.05, 0.1) is 6.61 Å². The number of carbonyl (C=O) groups excluding carboxylic acids is 1. The molecule has 1 fully saturated rings. The van der Waals surface area contributed by atoms with Gasteiger partial charge in [-0.1, -0.05) is 18.8 Å². The standard InChI is InChI=1S/C16H21N3O2/c1-13-5-4-9-19(12-13)16(21)18-15-11-14(7-8-17-15)6-2-3-10-20/h7-8,11,13,20H,3-5,9-10,12H2,1H3,(H,17,18,21). The average molecular weight is 287 g/mol. The molecule has 21 heavy (non-hydrogen) atoms. The van der Waals surface area contributed by atoms with Gasteiger partial charge in [0.25, 0.3) is 0 Å². The molecular formula is C16H21N3O2. The highest BCUT2D eigenvalue weighted by Gasteiger charge is 2.21. The van der Waals surface area contributed by atoms with Crippen LogP contribution in [0.1, 0.15) is 31.7 Å². The van der Waals surface area contributed by atoms with Gasteiger partial charge in [-0.15, -0.1) is 0 Å². The van der Waals surface area contributed by atoms with E-state index in [-0.39, 0.29) is 12.6 Å². The van der Waals surface area contributed by atoms with E-state index in [9.17, 15) is 4.79 Å². The van der Waals surface area contributed by atoms with Crippen molar-refractivity contribution >= 4 is 11.8 Å². The molecule has 2 N–H and O–H groups in total. The zero-order chi connectivity index (χ0) is 15.1. The number of piperidine rings is 1. The third-order valence-corrected chi connectivity index (χ3v) is 3.41. The maximum Gasteiger partial charge on any atom is 0.323 e. The molecule has 1 atom stereocenters. The molecule has 1 aliphatic heterocycles. The summed E-state index contributed by atoms with van der Waals surface area (Å²) in [6.45, 7) is 3.80. The molecule has 0 bridgehead atoms. The number of aromatic nitrogens is 1. The molecule has 1 aromatic rings. The minimum atomic E-state index is -0.102. The highest BCUT2D eigenvalue weighted by molar-refractivity contribution is 5.88. The van der Waals surface area contributed by atoms with Gasteiger partial charge in [-0.25, -0.2) is 9.78 Å². The molecule has 2 heterocycles. The number of urea groups is 1. The molecule has 0 aromatic carbocycles. The Hall–Kier alpha value is -2.06. The number of nitrogens with zero attached hydrogens (tertiary/aromatic N) is 2. The molecule has 5 heteroatoms. The lowest BCUT2D eigenvalue weighted by Crippen LogP contribution is -2.41. The largest absolute Gasteiger partial charge is 0.395 e. The second-order valence-electron chi connectivity index (χ2n) is 5.33. The van der Waals surface area contributed by atoms with Gasteiger partial charge >= 0.3 is 6.03 Å². The summed E-state index contributed by atoms with van der Waals surface area (Å²) in [5, 5.41) is 11.5. The first-order valence-corrected chi connectivity index (χ1v) is 7.30. The van der Waals surface area contributed by atoms with Crippen LogP contribution in [0.4, 0.5) is 10.6 Å². The number of amides is 2. The number of hydrogen-bond donors (Lipinski definition) is 2. The van der Waals surface area contributed by atoms with Crippen molar-refractivity contribution in [3.8, 4) is 11.8 Å². The van der Waals surface area contributed by atoms with Crippen LogP contribution in [0, 0.1) is 17.8 Å². The summed E-state index contributed by atoms with van der Waals surface area (Å²) in [7, 11) is 0. The average Bonchev–Trinajstić information content (AvgIpc) is 2.48. The van der Waals surface area contributed by atoms with Gasteiger partial charge in [-0.3, -0.25) is 5.32 Å². The molecule has 5 nitrogen and oxygen atoms in total. The number of aliphatic hydroxyl groups excluding tert-OH is 1. The van der Waals surface area contributed by atoms with Crippen LogP contribution in [0.25, 0.3) is 0 Å². The van der Waals surface area contributed by atoms with E-state index < -0.39 is 0 Å². The van der Waals surface area contributed by atoms with E-state index in [1.165, 1.54) is 6.42 Å². The van der Waals surface area contributed by atoms with E-state index in [0.717, 1.165) is 25.1 Å². The number of anilines is 1. The number of likely N-dealkylation sites (tertiary alicyclic amines) is 1. The van der Waals surface area contributed by atoms with E-state index in [2.05, 4.69) is 29.1 Å². The molecule has 1 unspecified atom stereocenters. The quantitative estimate of drug-likeness (QED) is 0.818. The molecular weight excluding hydrogens is 266 g/mol. The van der Waals surface area contributed by atoms with Crippen molar-refractivity contribution in [2.75, 3.05) is 25.0 Å². The number of rotatable bonds is 2. The van der Waals surface area contributed by atoms with Crippen LogP contribution in [-0.4, -0.2) is 40.7 Å². The lowest BCUT2D eigenvalue weighted by Gasteiger charge is -2.30. The summed E-state index contributed by atoms with van der Waals surface area (Å²) in [6, 6.07) is 3.42. The van der Waals surface area contributed by atoms with E-state index in [4.69, 9.17) is 5.11 Å². The van der Waals surface area contributed by atoms with Crippen LogP contribution >= 0.6 is 0 Å². The Kier molecular flexibility index (Phi) is 5.59. The molecule has 1 aliphatic rings. The lowest BCUT2D eigenvalue weighted by atomic mass is 10.0. The van der Waals surface area contributed by atoms with Crippen LogP contribution in [0.15, 0.2) is 18.3 Å². The van der Waals surface area contributed by atoms with Crippen LogP contribution < -0.4 is 5.32 Å². The third kappa shape index (κ3) is 4.76. The first-order valence-electron chi connectivity index (χ1n) is 7.30. The summed E-state index contributed by atoms with van der Waals surface area (Å²) < 4.78 is 0. The van der Waals surface area contributed by atoms with Crippen molar-refractivity contribution in [2.24, 2.45) is 5.92 Å². The van der Waals surface area contributed by atoms with Crippen molar-refractivity contribution in [3.05, 3.63) is 23.9 Å². The molecule has 0 radical (unpaired) electrons. The Morgan fingerprint density at radius 2 is 2.48 bits per heavy atom. The van der Waals surface area contributed by atoms with Gasteiger partial charge in [-0.2, -0.15) is 0 Å². The maximum absolute atomic E-state index is 12.2. The lowest BCUT2D eigenvalue weighted by molar-refractivity contribution is 0.182. The monoisotopic (exact) mass is 287 g/mol. The molecule has 112 valence electrons. The third-order valence-electron chi connectivity index (χ3n) is 3.41. The molecule has 1 saturated heterocycles. The highest BCUT2D eigenvalue weighted by atomic mass is 16.2. The van der Waals surface area contributed by atoms with Crippen molar-refractivity contribution < 1.29 is 9.90 Å².